The standard InChI is InChI=1S/C8H18N2O/c1-10(2)6-8-4-3-7(5-9)11-8/h7-8H,3-6,9H2,1-2H3/t7-,8+/m1/s1. The van der Waals surface area contributed by atoms with Crippen molar-refractivity contribution in [2.45, 2.75) is 25.0 Å². The van der Waals surface area contributed by atoms with Crippen molar-refractivity contribution < 1.29 is 4.74 Å². The summed E-state index contributed by atoms with van der Waals surface area (Å²) in [7, 11) is 4.14. The molecule has 0 aliphatic carbocycles. The summed E-state index contributed by atoms with van der Waals surface area (Å²) in [6.45, 7) is 1.69. The smallest absolute Gasteiger partial charge is 0.0707 e. The molecule has 1 heterocycles. The zero-order chi connectivity index (χ0) is 8.27. The van der Waals surface area contributed by atoms with Crippen LogP contribution in [0, 0.1) is 0 Å². The van der Waals surface area contributed by atoms with E-state index in [2.05, 4.69) is 19.0 Å². The van der Waals surface area contributed by atoms with Crippen LogP contribution < -0.4 is 5.73 Å². The van der Waals surface area contributed by atoms with Crippen LogP contribution in [-0.2, 0) is 4.74 Å². The molecule has 11 heavy (non-hydrogen) atoms. The van der Waals surface area contributed by atoms with Gasteiger partial charge in [0.1, 0.15) is 0 Å². The molecule has 2 N–H and O–H groups in total. The van der Waals surface area contributed by atoms with Gasteiger partial charge in [0.15, 0.2) is 0 Å². The van der Waals surface area contributed by atoms with Gasteiger partial charge in [-0.15, -0.1) is 0 Å². The van der Waals surface area contributed by atoms with Gasteiger partial charge in [-0.25, -0.2) is 0 Å². The molecule has 0 unspecified atom stereocenters. The van der Waals surface area contributed by atoms with Crippen molar-refractivity contribution in [3.63, 3.8) is 0 Å². The van der Waals surface area contributed by atoms with Gasteiger partial charge in [-0.2, -0.15) is 0 Å². The van der Waals surface area contributed by atoms with E-state index in [-0.39, 0.29) is 0 Å². The summed E-state index contributed by atoms with van der Waals surface area (Å²) >= 11 is 0. The highest BCUT2D eigenvalue weighted by Crippen LogP contribution is 2.18. The van der Waals surface area contributed by atoms with Crippen LogP contribution in [0.2, 0.25) is 0 Å². The molecule has 1 rings (SSSR count). The summed E-state index contributed by atoms with van der Waals surface area (Å²) in [4.78, 5) is 2.16. The van der Waals surface area contributed by atoms with Gasteiger partial charge in [0.05, 0.1) is 12.2 Å². The molecule has 1 aliphatic heterocycles. The molecule has 0 aromatic rings. The van der Waals surface area contributed by atoms with Crippen molar-refractivity contribution in [2.24, 2.45) is 5.73 Å². The van der Waals surface area contributed by atoms with Gasteiger partial charge in [-0.1, -0.05) is 0 Å². The number of likely N-dealkylation sites (N-methyl/N-ethyl adjacent to an activating group) is 1. The van der Waals surface area contributed by atoms with Crippen molar-refractivity contribution in [1.82, 2.24) is 4.90 Å². The molecule has 66 valence electrons. The summed E-state index contributed by atoms with van der Waals surface area (Å²) in [6.07, 6.45) is 3.04. The van der Waals surface area contributed by atoms with Gasteiger partial charge >= 0.3 is 0 Å². The first-order valence-corrected chi connectivity index (χ1v) is 4.22. The lowest BCUT2D eigenvalue weighted by Crippen LogP contribution is -2.28. The Hall–Kier alpha value is -0.120. The van der Waals surface area contributed by atoms with Gasteiger partial charge in [-0.05, 0) is 26.9 Å². The van der Waals surface area contributed by atoms with Crippen LogP contribution in [0.3, 0.4) is 0 Å². The molecule has 3 heteroatoms. The number of hydrogen-bond donors (Lipinski definition) is 1. The van der Waals surface area contributed by atoms with Gasteiger partial charge in [0, 0.05) is 13.1 Å². The Balaban J connectivity index is 2.19. The molecule has 1 fully saturated rings. The normalized spacial score (nSPS) is 31.6. The first-order valence-electron chi connectivity index (χ1n) is 4.22. The Morgan fingerprint density at radius 3 is 2.45 bits per heavy atom. The number of hydrogen-bond acceptors (Lipinski definition) is 3. The van der Waals surface area contributed by atoms with Crippen LogP contribution in [0.5, 0.6) is 0 Å². The van der Waals surface area contributed by atoms with Crippen LogP contribution in [0.25, 0.3) is 0 Å². The lowest BCUT2D eigenvalue weighted by molar-refractivity contribution is 0.0358. The second-order valence-electron chi connectivity index (χ2n) is 3.46. The fourth-order valence-corrected chi connectivity index (χ4v) is 1.50. The molecular weight excluding hydrogens is 140 g/mol. The van der Waals surface area contributed by atoms with Crippen molar-refractivity contribution in [1.29, 1.82) is 0 Å². The SMILES string of the molecule is CN(C)C[C@@H]1CC[C@H](CN)O1. The minimum atomic E-state index is 0.319. The summed E-state index contributed by atoms with van der Waals surface area (Å²) in [5.74, 6) is 0. The van der Waals surface area contributed by atoms with Crippen LogP contribution in [0.1, 0.15) is 12.8 Å². The van der Waals surface area contributed by atoms with Crippen molar-refractivity contribution in [3.05, 3.63) is 0 Å². The summed E-state index contributed by atoms with van der Waals surface area (Å²) in [5, 5.41) is 0. The number of rotatable bonds is 3. The van der Waals surface area contributed by atoms with E-state index in [9.17, 15) is 0 Å². The highest BCUT2D eigenvalue weighted by Gasteiger charge is 2.23. The summed E-state index contributed by atoms with van der Waals surface area (Å²) in [6, 6.07) is 0. The average molecular weight is 158 g/mol. The highest BCUT2D eigenvalue weighted by atomic mass is 16.5. The lowest BCUT2D eigenvalue weighted by Gasteiger charge is -2.16. The van der Waals surface area contributed by atoms with Crippen LogP contribution in [0.4, 0.5) is 0 Å². The van der Waals surface area contributed by atoms with Crippen LogP contribution in [-0.4, -0.2) is 44.3 Å². The third kappa shape index (κ3) is 2.77. The summed E-state index contributed by atoms with van der Waals surface area (Å²) in [5.41, 5.74) is 5.49. The Labute approximate surface area is 68.5 Å². The highest BCUT2D eigenvalue weighted by molar-refractivity contribution is 4.75. The van der Waals surface area contributed by atoms with Gasteiger partial charge in [0.2, 0.25) is 0 Å². The monoisotopic (exact) mass is 158 g/mol. The summed E-state index contributed by atoms with van der Waals surface area (Å²) < 4.78 is 5.65. The maximum Gasteiger partial charge on any atom is 0.0707 e. The molecule has 1 saturated heterocycles. The van der Waals surface area contributed by atoms with Crippen LogP contribution >= 0.6 is 0 Å². The molecule has 0 bridgehead atoms. The average Bonchev–Trinajstić information content (AvgIpc) is 2.34. The van der Waals surface area contributed by atoms with E-state index in [0.717, 1.165) is 13.0 Å². The lowest BCUT2D eigenvalue weighted by atomic mass is 10.2. The minimum Gasteiger partial charge on any atom is -0.372 e. The Morgan fingerprint density at radius 1 is 1.36 bits per heavy atom. The molecule has 0 aromatic heterocycles. The molecule has 0 amide bonds. The van der Waals surface area contributed by atoms with E-state index in [1.165, 1.54) is 6.42 Å². The third-order valence-corrected chi connectivity index (χ3v) is 2.03. The predicted octanol–water partition coefficient (Wildman–Crippen LogP) is 0.0543. The third-order valence-electron chi connectivity index (χ3n) is 2.03. The Bertz CT molecular complexity index is 117. The molecule has 0 spiro atoms. The van der Waals surface area contributed by atoms with Crippen molar-refractivity contribution in [2.75, 3.05) is 27.2 Å². The Kier molecular flexibility index (Phi) is 3.30. The fraction of sp³-hybridized carbons (Fsp3) is 1.00. The second kappa shape index (κ2) is 4.04. The molecule has 0 aromatic carbocycles. The molecule has 0 radical (unpaired) electrons. The maximum atomic E-state index is 5.65. The maximum absolute atomic E-state index is 5.65. The predicted molar refractivity (Wildman–Crippen MR) is 45.5 cm³/mol. The quantitative estimate of drug-likeness (QED) is 0.631. The zero-order valence-electron chi connectivity index (χ0n) is 7.42. The molecule has 3 nitrogen and oxygen atoms in total. The number of nitrogens with two attached hydrogens (primary N) is 1. The first-order chi connectivity index (χ1) is 5.22. The molecular formula is C8H18N2O. The fourth-order valence-electron chi connectivity index (χ4n) is 1.50. The molecule has 0 saturated carbocycles. The van der Waals surface area contributed by atoms with Gasteiger partial charge < -0.3 is 15.4 Å². The Morgan fingerprint density at radius 2 is 2.00 bits per heavy atom. The van der Waals surface area contributed by atoms with E-state index in [4.69, 9.17) is 10.5 Å². The van der Waals surface area contributed by atoms with Crippen molar-refractivity contribution in [3.8, 4) is 0 Å². The second-order valence-corrected chi connectivity index (χ2v) is 3.46. The number of ether oxygens (including phenoxy) is 1. The number of nitrogens with zero attached hydrogens (tertiary/aromatic N) is 1. The van der Waals surface area contributed by atoms with E-state index in [1.54, 1.807) is 0 Å². The molecule has 1 aliphatic rings. The van der Waals surface area contributed by atoms with Crippen LogP contribution in [0.15, 0.2) is 0 Å². The largest absolute Gasteiger partial charge is 0.372 e. The van der Waals surface area contributed by atoms with Gasteiger partial charge in [-0.3, -0.25) is 0 Å². The van der Waals surface area contributed by atoms with E-state index < -0.39 is 0 Å². The van der Waals surface area contributed by atoms with E-state index in [0.29, 0.717) is 18.8 Å². The zero-order valence-corrected chi connectivity index (χ0v) is 7.42. The minimum absolute atomic E-state index is 0.319. The molecule has 2 atom stereocenters. The van der Waals surface area contributed by atoms with E-state index in [1.807, 2.05) is 0 Å². The van der Waals surface area contributed by atoms with Gasteiger partial charge in [0.25, 0.3) is 0 Å². The first kappa shape index (κ1) is 8.97. The van der Waals surface area contributed by atoms with Crippen molar-refractivity contribution >= 4 is 0 Å². The topological polar surface area (TPSA) is 38.5 Å². The van der Waals surface area contributed by atoms with E-state index >= 15 is 0 Å².